The summed E-state index contributed by atoms with van der Waals surface area (Å²) >= 11 is 0. The molecule has 0 amide bonds. The van der Waals surface area contributed by atoms with Crippen LogP contribution >= 0.6 is 0 Å². The molecular formula is C16H21NO2. The van der Waals surface area contributed by atoms with Crippen LogP contribution in [0.4, 0.5) is 0 Å². The van der Waals surface area contributed by atoms with Crippen molar-refractivity contribution in [3.05, 3.63) is 36.1 Å². The average molecular weight is 259 g/mol. The van der Waals surface area contributed by atoms with Gasteiger partial charge in [-0.1, -0.05) is 18.2 Å². The quantitative estimate of drug-likeness (QED) is 0.912. The Kier molecular flexibility index (Phi) is 3.58. The number of ether oxygens (including phenoxy) is 1. The molecule has 3 rings (SSSR count). The van der Waals surface area contributed by atoms with Crippen molar-refractivity contribution in [2.24, 2.45) is 5.92 Å². The third-order valence-corrected chi connectivity index (χ3v) is 4.06. The summed E-state index contributed by atoms with van der Waals surface area (Å²) in [7, 11) is 0. The van der Waals surface area contributed by atoms with E-state index in [1.54, 1.807) is 0 Å². The van der Waals surface area contributed by atoms with Crippen LogP contribution in [0.25, 0.3) is 11.0 Å². The van der Waals surface area contributed by atoms with E-state index in [9.17, 15) is 0 Å². The zero-order chi connectivity index (χ0) is 13.2. The second kappa shape index (κ2) is 5.35. The largest absolute Gasteiger partial charge is 0.459 e. The van der Waals surface area contributed by atoms with Crippen molar-refractivity contribution in [3.8, 4) is 0 Å². The Balaban J connectivity index is 1.70. The van der Waals surface area contributed by atoms with Crippen LogP contribution in [-0.4, -0.2) is 19.3 Å². The normalized spacial score (nSPS) is 22.7. The maximum absolute atomic E-state index is 5.90. The lowest BCUT2D eigenvalue weighted by Gasteiger charge is -2.22. The molecule has 102 valence electrons. The average Bonchev–Trinajstić information content (AvgIpc) is 3.07. The fraction of sp³-hybridized carbons (Fsp3) is 0.500. The molecule has 1 N–H and O–H groups in total. The van der Waals surface area contributed by atoms with Gasteiger partial charge in [0.2, 0.25) is 0 Å². The minimum Gasteiger partial charge on any atom is -0.459 e. The topological polar surface area (TPSA) is 34.4 Å². The molecule has 1 aliphatic rings. The van der Waals surface area contributed by atoms with Crippen molar-refractivity contribution in [1.82, 2.24) is 5.32 Å². The first-order valence-corrected chi connectivity index (χ1v) is 7.06. The molecule has 1 aromatic carbocycles. The maximum Gasteiger partial charge on any atom is 0.134 e. The predicted molar refractivity (Wildman–Crippen MR) is 76.2 cm³/mol. The minimum absolute atomic E-state index is 0.225. The van der Waals surface area contributed by atoms with Gasteiger partial charge in [-0.05, 0) is 38.3 Å². The monoisotopic (exact) mass is 259 g/mol. The molecule has 19 heavy (non-hydrogen) atoms. The van der Waals surface area contributed by atoms with E-state index in [1.807, 2.05) is 18.2 Å². The molecule has 0 saturated carbocycles. The van der Waals surface area contributed by atoms with E-state index in [4.69, 9.17) is 9.15 Å². The van der Waals surface area contributed by atoms with Crippen LogP contribution in [-0.2, 0) is 4.74 Å². The van der Waals surface area contributed by atoms with Crippen molar-refractivity contribution in [2.45, 2.75) is 32.4 Å². The number of benzene rings is 1. The van der Waals surface area contributed by atoms with E-state index in [0.29, 0.717) is 12.0 Å². The lowest BCUT2D eigenvalue weighted by molar-refractivity contribution is 0.176. The molecule has 0 bridgehead atoms. The van der Waals surface area contributed by atoms with Crippen LogP contribution in [0.15, 0.2) is 34.7 Å². The molecule has 3 atom stereocenters. The molecule has 0 radical (unpaired) electrons. The smallest absolute Gasteiger partial charge is 0.134 e. The van der Waals surface area contributed by atoms with Gasteiger partial charge in [0.1, 0.15) is 11.3 Å². The van der Waals surface area contributed by atoms with Crippen LogP contribution in [0.1, 0.15) is 32.1 Å². The zero-order valence-electron chi connectivity index (χ0n) is 11.6. The van der Waals surface area contributed by atoms with E-state index >= 15 is 0 Å². The molecule has 3 nitrogen and oxygen atoms in total. The lowest BCUT2D eigenvalue weighted by atomic mass is 10.00. The molecule has 2 aromatic rings. The number of hydrogen-bond donors (Lipinski definition) is 1. The molecule has 1 aliphatic heterocycles. The Morgan fingerprint density at radius 2 is 2.11 bits per heavy atom. The minimum atomic E-state index is 0.225. The van der Waals surface area contributed by atoms with Gasteiger partial charge >= 0.3 is 0 Å². The molecule has 1 saturated heterocycles. The Hall–Kier alpha value is -1.32. The van der Waals surface area contributed by atoms with Gasteiger partial charge in [-0.25, -0.2) is 0 Å². The van der Waals surface area contributed by atoms with E-state index < -0.39 is 0 Å². The molecule has 0 aliphatic carbocycles. The number of nitrogens with one attached hydrogen (secondary N) is 1. The second-order valence-corrected chi connectivity index (χ2v) is 5.49. The van der Waals surface area contributed by atoms with Crippen LogP contribution in [0.2, 0.25) is 0 Å². The van der Waals surface area contributed by atoms with Crippen LogP contribution in [0.5, 0.6) is 0 Å². The highest BCUT2D eigenvalue weighted by molar-refractivity contribution is 5.77. The highest BCUT2D eigenvalue weighted by Crippen LogP contribution is 2.25. The number of hydrogen-bond acceptors (Lipinski definition) is 3. The SMILES string of the molecule is CC(NC(C)C1CCOC1)c1cc2ccccc2o1. The van der Waals surface area contributed by atoms with E-state index in [2.05, 4.69) is 31.3 Å². The van der Waals surface area contributed by atoms with E-state index in [0.717, 1.165) is 31.0 Å². The van der Waals surface area contributed by atoms with Gasteiger partial charge in [0, 0.05) is 18.0 Å². The summed E-state index contributed by atoms with van der Waals surface area (Å²) in [6, 6.07) is 11.0. The molecule has 1 aromatic heterocycles. The van der Waals surface area contributed by atoms with Crippen LogP contribution < -0.4 is 5.32 Å². The first kappa shape index (κ1) is 12.7. The third-order valence-electron chi connectivity index (χ3n) is 4.06. The molecule has 2 heterocycles. The first-order valence-electron chi connectivity index (χ1n) is 7.06. The molecule has 3 unspecified atom stereocenters. The van der Waals surface area contributed by atoms with Gasteiger partial charge in [0.15, 0.2) is 0 Å². The molecular weight excluding hydrogens is 238 g/mol. The zero-order valence-corrected chi connectivity index (χ0v) is 11.6. The summed E-state index contributed by atoms with van der Waals surface area (Å²) in [5, 5.41) is 4.79. The molecule has 3 heteroatoms. The highest BCUT2D eigenvalue weighted by Gasteiger charge is 2.24. The number of fused-ring (bicyclic) bond motifs is 1. The summed E-state index contributed by atoms with van der Waals surface area (Å²) in [4.78, 5) is 0. The van der Waals surface area contributed by atoms with Crippen LogP contribution in [0.3, 0.4) is 0 Å². The Labute approximate surface area is 113 Å². The van der Waals surface area contributed by atoms with Crippen molar-refractivity contribution in [3.63, 3.8) is 0 Å². The lowest BCUT2D eigenvalue weighted by Crippen LogP contribution is -2.35. The summed E-state index contributed by atoms with van der Waals surface area (Å²) in [5.41, 5.74) is 0.961. The number of rotatable bonds is 4. The van der Waals surface area contributed by atoms with Crippen molar-refractivity contribution < 1.29 is 9.15 Å². The molecule has 1 fully saturated rings. The van der Waals surface area contributed by atoms with Crippen molar-refractivity contribution in [2.75, 3.05) is 13.2 Å². The van der Waals surface area contributed by atoms with Crippen molar-refractivity contribution in [1.29, 1.82) is 0 Å². The Morgan fingerprint density at radius 1 is 1.26 bits per heavy atom. The van der Waals surface area contributed by atoms with Gasteiger partial charge in [0.25, 0.3) is 0 Å². The van der Waals surface area contributed by atoms with Gasteiger partial charge in [-0.3, -0.25) is 0 Å². The van der Waals surface area contributed by atoms with Gasteiger partial charge in [-0.15, -0.1) is 0 Å². The van der Waals surface area contributed by atoms with Crippen molar-refractivity contribution >= 4 is 11.0 Å². The maximum atomic E-state index is 5.90. The fourth-order valence-electron chi connectivity index (χ4n) is 2.78. The predicted octanol–water partition coefficient (Wildman–Crippen LogP) is 3.51. The Morgan fingerprint density at radius 3 is 2.84 bits per heavy atom. The summed E-state index contributed by atoms with van der Waals surface area (Å²) in [6.07, 6.45) is 1.15. The summed E-state index contributed by atoms with van der Waals surface area (Å²) < 4.78 is 11.3. The van der Waals surface area contributed by atoms with Gasteiger partial charge in [0.05, 0.1) is 12.6 Å². The molecule has 0 spiro atoms. The summed E-state index contributed by atoms with van der Waals surface area (Å²) in [6.45, 7) is 6.17. The van der Waals surface area contributed by atoms with E-state index in [-0.39, 0.29) is 6.04 Å². The fourth-order valence-corrected chi connectivity index (χ4v) is 2.78. The number of para-hydroxylation sites is 1. The first-order chi connectivity index (χ1) is 9.24. The highest BCUT2D eigenvalue weighted by atomic mass is 16.5. The Bertz CT molecular complexity index is 509. The second-order valence-electron chi connectivity index (χ2n) is 5.49. The standard InChI is InChI=1S/C16H21NO2/c1-11(14-7-8-18-10-14)17-12(2)16-9-13-5-3-4-6-15(13)19-16/h3-6,9,11-12,14,17H,7-8,10H2,1-2H3. The summed E-state index contributed by atoms with van der Waals surface area (Å²) in [5.74, 6) is 1.62. The van der Waals surface area contributed by atoms with Gasteiger partial charge < -0.3 is 14.5 Å². The number of furan rings is 1. The van der Waals surface area contributed by atoms with Gasteiger partial charge in [-0.2, -0.15) is 0 Å². The van der Waals surface area contributed by atoms with Crippen LogP contribution in [0, 0.1) is 5.92 Å². The van der Waals surface area contributed by atoms with E-state index in [1.165, 1.54) is 5.39 Å². The third kappa shape index (κ3) is 2.67.